The van der Waals surface area contributed by atoms with E-state index in [-0.39, 0.29) is 0 Å². The van der Waals surface area contributed by atoms with Crippen molar-refractivity contribution in [1.29, 1.82) is 0 Å². The van der Waals surface area contributed by atoms with Crippen molar-refractivity contribution in [1.82, 2.24) is 10.2 Å². The van der Waals surface area contributed by atoms with Gasteiger partial charge in [0.1, 0.15) is 0 Å². The van der Waals surface area contributed by atoms with Crippen LogP contribution in [-0.4, -0.2) is 50.8 Å². The highest BCUT2D eigenvalue weighted by molar-refractivity contribution is 4.63. The molecule has 0 saturated carbocycles. The van der Waals surface area contributed by atoms with Gasteiger partial charge in [-0.25, -0.2) is 0 Å². The molecule has 3 heteroatoms. The lowest BCUT2D eigenvalue weighted by atomic mass is 10.1. The van der Waals surface area contributed by atoms with Crippen LogP contribution in [0.5, 0.6) is 0 Å². The molecule has 1 saturated heterocycles. The average Bonchev–Trinajstić information content (AvgIpc) is 2.34. The fraction of sp³-hybridized carbons (Fsp3) is 1.00. The summed E-state index contributed by atoms with van der Waals surface area (Å²) in [7, 11) is 0. The fourth-order valence-electron chi connectivity index (χ4n) is 2.11. The van der Waals surface area contributed by atoms with Crippen LogP contribution in [0.2, 0.25) is 0 Å². The number of nitrogens with zero attached hydrogens (tertiary/aromatic N) is 1. The van der Waals surface area contributed by atoms with Gasteiger partial charge in [-0.1, -0.05) is 13.3 Å². The van der Waals surface area contributed by atoms with E-state index in [0.717, 1.165) is 32.8 Å². The first-order valence-electron chi connectivity index (χ1n) is 6.94. The van der Waals surface area contributed by atoms with Crippen LogP contribution in [0.4, 0.5) is 0 Å². The first-order chi connectivity index (χ1) is 7.93. The molecule has 0 aromatic heterocycles. The largest absolute Gasteiger partial charge is 0.380 e. The second-order valence-electron chi connectivity index (χ2n) is 4.58. The SMILES string of the molecule is CCNCCCCOCCN1CCCCC1. The van der Waals surface area contributed by atoms with Crippen molar-refractivity contribution in [3.8, 4) is 0 Å². The zero-order valence-corrected chi connectivity index (χ0v) is 10.8. The van der Waals surface area contributed by atoms with Gasteiger partial charge in [-0.05, 0) is 51.9 Å². The number of unbranched alkanes of at least 4 members (excludes halogenated alkanes) is 1. The molecule has 1 fully saturated rings. The minimum absolute atomic E-state index is 0.918. The maximum absolute atomic E-state index is 5.65. The van der Waals surface area contributed by atoms with Crippen molar-refractivity contribution < 1.29 is 4.74 Å². The van der Waals surface area contributed by atoms with E-state index >= 15 is 0 Å². The van der Waals surface area contributed by atoms with Crippen molar-refractivity contribution in [2.75, 3.05) is 45.9 Å². The Labute approximate surface area is 101 Å². The Kier molecular flexibility index (Phi) is 8.77. The Balaban J connectivity index is 1.77. The summed E-state index contributed by atoms with van der Waals surface area (Å²) < 4.78 is 5.65. The lowest BCUT2D eigenvalue weighted by Crippen LogP contribution is -2.32. The maximum atomic E-state index is 5.65. The number of rotatable bonds is 9. The predicted octanol–water partition coefficient (Wildman–Crippen LogP) is 1.88. The standard InChI is InChI=1S/C13H28N2O/c1-2-14-8-4-7-12-16-13-11-15-9-5-3-6-10-15/h14H,2-13H2,1H3. The number of hydrogen-bond donors (Lipinski definition) is 1. The van der Waals surface area contributed by atoms with Crippen LogP contribution in [0, 0.1) is 0 Å². The third-order valence-electron chi connectivity index (χ3n) is 3.14. The van der Waals surface area contributed by atoms with E-state index < -0.39 is 0 Å². The molecule has 0 amide bonds. The Morgan fingerprint density at radius 3 is 2.62 bits per heavy atom. The summed E-state index contributed by atoms with van der Waals surface area (Å²) in [6, 6.07) is 0. The normalized spacial score (nSPS) is 17.8. The van der Waals surface area contributed by atoms with Gasteiger partial charge in [0.2, 0.25) is 0 Å². The topological polar surface area (TPSA) is 24.5 Å². The Hall–Kier alpha value is -0.120. The van der Waals surface area contributed by atoms with E-state index in [9.17, 15) is 0 Å². The fourth-order valence-corrected chi connectivity index (χ4v) is 2.11. The Bertz CT molecular complexity index is 147. The van der Waals surface area contributed by atoms with Crippen LogP contribution in [0.1, 0.15) is 39.0 Å². The summed E-state index contributed by atoms with van der Waals surface area (Å²) in [5.41, 5.74) is 0. The lowest BCUT2D eigenvalue weighted by molar-refractivity contribution is 0.0941. The van der Waals surface area contributed by atoms with Gasteiger partial charge in [-0.3, -0.25) is 0 Å². The number of likely N-dealkylation sites (tertiary alicyclic amines) is 1. The summed E-state index contributed by atoms with van der Waals surface area (Å²) in [5.74, 6) is 0. The van der Waals surface area contributed by atoms with Crippen molar-refractivity contribution in [3.05, 3.63) is 0 Å². The summed E-state index contributed by atoms with van der Waals surface area (Å²) in [4.78, 5) is 2.53. The van der Waals surface area contributed by atoms with Crippen molar-refractivity contribution in [2.24, 2.45) is 0 Å². The quantitative estimate of drug-likeness (QED) is 0.610. The molecule has 96 valence electrons. The molecule has 1 heterocycles. The summed E-state index contributed by atoms with van der Waals surface area (Å²) in [5, 5.41) is 3.33. The molecule has 0 unspecified atom stereocenters. The first kappa shape index (κ1) is 13.9. The zero-order chi connectivity index (χ0) is 11.5. The molecular formula is C13H28N2O. The molecule has 0 aromatic carbocycles. The predicted molar refractivity (Wildman–Crippen MR) is 68.9 cm³/mol. The van der Waals surface area contributed by atoms with Crippen LogP contribution < -0.4 is 5.32 Å². The second-order valence-corrected chi connectivity index (χ2v) is 4.58. The van der Waals surface area contributed by atoms with E-state index in [1.54, 1.807) is 0 Å². The van der Waals surface area contributed by atoms with Gasteiger partial charge < -0.3 is 15.0 Å². The van der Waals surface area contributed by atoms with Gasteiger partial charge in [0, 0.05) is 13.2 Å². The van der Waals surface area contributed by atoms with Crippen molar-refractivity contribution in [3.63, 3.8) is 0 Å². The molecule has 0 bridgehead atoms. The van der Waals surface area contributed by atoms with Crippen LogP contribution in [0.15, 0.2) is 0 Å². The van der Waals surface area contributed by atoms with Crippen LogP contribution >= 0.6 is 0 Å². The lowest BCUT2D eigenvalue weighted by Gasteiger charge is -2.26. The molecule has 0 radical (unpaired) electrons. The Morgan fingerprint density at radius 2 is 1.88 bits per heavy atom. The van der Waals surface area contributed by atoms with Gasteiger partial charge in [0.15, 0.2) is 0 Å². The molecule has 16 heavy (non-hydrogen) atoms. The smallest absolute Gasteiger partial charge is 0.0593 e. The highest BCUT2D eigenvalue weighted by atomic mass is 16.5. The van der Waals surface area contributed by atoms with Gasteiger partial charge in [0.25, 0.3) is 0 Å². The molecule has 1 aliphatic heterocycles. The van der Waals surface area contributed by atoms with E-state index in [4.69, 9.17) is 4.74 Å². The number of hydrogen-bond acceptors (Lipinski definition) is 3. The minimum atomic E-state index is 0.918. The van der Waals surface area contributed by atoms with Gasteiger partial charge in [-0.2, -0.15) is 0 Å². The molecule has 0 atom stereocenters. The van der Waals surface area contributed by atoms with Crippen molar-refractivity contribution >= 4 is 0 Å². The zero-order valence-electron chi connectivity index (χ0n) is 10.8. The number of nitrogens with one attached hydrogen (secondary N) is 1. The molecular weight excluding hydrogens is 200 g/mol. The molecule has 1 aliphatic rings. The molecule has 0 aliphatic carbocycles. The number of piperidine rings is 1. The van der Waals surface area contributed by atoms with E-state index in [1.165, 1.54) is 45.2 Å². The highest BCUT2D eigenvalue weighted by Crippen LogP contribution is 2.07. The van der Waals surface area contributed by atoms with Crippen LogP contribution in [0.25, 0.3) is 0 Å². The molecule has 1 N–H and O–H groups in total. The van der Waals surface area contributed by atoms with Crippen LogP contribution in [-0.2, 0) is 4.74 Å². The molecule has 0 spiro atoms. The van der Waals surface area contributed by atoms with Gasteiger partial charge in [0.05, 0.1) is 6.61 Å². The highest BCUT2D eigenvalue weighted by Gasteiger charge is 2.08. The number of ether oxygens (including phenoxy) is 1. The van der Waals surface area contributed by atoms with Crippen molar-refractivity contribution in [2.45, 2.75) is 39.0 Å². The first-order valence-corrected chi connectivity index (χ1v) is 6.94. The van der Waals surface area contributed by atoms with E-state index in [2.05, 4.69) is 17.1 Å². The molecule has 0 aromatic rings. The third-order valence-corrected chi connectivity index (χ3v) is 3.14. The van der Waals surface area contributed by atoms with Gasteiger partial charge >= 0.3 is 0 Å². The van der Waals surface area contributed by atoms with Crippen LogP contribution in [0.3, 0.4) is 0 Å². The summed E-state index contributed by atoms with van der Waals surface area (Å²) in [6.07, 6.45) is 6.59. The monoisotopic (exact) mass is 228 g/mol. The maximum Gasteiger partial charge on any atom is 0.0593 e. The second kappa shape index (κ2) is 10.1. The average molecular weight is 228 g/mol. The Morgan fingerprint density at radius 1 is 1.06 bits per heavy atom. The van der Waals surface area contributed by atoms with Gasteiger partial charge in [-0.15, -0.1) is 0 Å². The van der Waals surface area contributed by atoms with E-state index in [0.29, 0.717) is 0 Å². The third kappa shape index (κ3) is 7.20. The summed E-state index contributed by atoms with van der Waals surface area (Å²) >= 11 is 0. The minimum Gasteiger partial charge on any atom is -0.380 e. The molecule has 3 nitrogen and oxygen atoms in total. The van der Waals surface area contributed by atoms with E-state index in [1.807, 2.05) is 0 Å². The molecule has 1 rings (SSSR count). The summed E-state index contributed by atoms with van der Waals surface area (Å²) in [6.45, 7) is 9.90.